The lowest BCUT2D eigenvalue weighted by Crippen LogP contribution is -2.41. The van der Waals surface area contributed by atoms with Gasteiger partial charge in [0.15, 0.2) is 5.58 Å². The van der Waals surface area contributed by atoms with Crippen molar-refractivity contribution in [1.29, 1.82) is 0 Å². The van der Waals surface area contributed by atoms with Crippen molar-refractivity contribution in [2.45, 2.75) is 13.0 Å². The molecule has 2 amide bonds. The maximum atomic E-state index is 12.0. The molecule has 128 valence electrons. The number of rotatable bonds is 4. The fraction of sp³-hybridized carbons (Fsp3) is 0.167. The second kappa shape index (κ2) is 7.04. The Kier molecular flexibility index (Phi) is 4.65. The number of aromatic nitrogens is 1. The smallest absolute Gasteiger partial charge is 0.328 e. The Labute approximate surface area is 144 Å². The van der Waals surface area contributed by atoms with Crippen LogP contribution in [0.4, 0.5) is 10.5 Å². The van der Waals surface area contributed by atoms with Gasteiger partial charge < -0.3 is 19.8 Å². The number of esters is 1. The summed E-state index contributed by atoms with van der Waals surface area (Å²) in [4.78, 5) is 27.7. The maximum Gasteiger partial charge on any atom is 0.328 e. The van der Waals surface area contributed by atoms with Crippen LogP contribution in [0, 0.1) is 0 Å². The zero-order valence-corrected chi connectivity index (χ0v) is 13.8. The number of ether oxygens (including phenoxy) is 1. The molecule has 0 saturated carbocycles. The van der Waals surface area contributed by atoms with Gasteiger partial charge in [-0.3, -0.25) is 0 Å². The molecule has 7 nitrogen and oxygen atoms in total. The highest BCUT2D eigenvalue weighted by atomic mass is 16.5. The van der Waals surface area contributed by atoms with E-state index in [1.807, 2.05) is 30.3 Å². The van der Waals surface area contributed by atoms with Crippen molar-refractivity contribution >= 4 is 28.8 Å². The summed E-state index contributed by atoms with van der Waals surface area (Å²) in [5.41, 5.74) is 2.74. The monoisotopic (exact) mass is 339 g/mol. The summed E-state index contributed by atoms with van der Waals surface area (Å²) in [6.07, 6.45) is 0. The van der Waals surface area contributed by atoms with Gasteiger partial charge in [0.05, 0.1) is 7.11 Å². The first-order valence-electron chi connectivity index (χ1n) is 7.68. The Morgan fingerprint density at radius 3 is 2.72 bits per heavy atom. The van der Waals surface area contributed by atoms with Crippen LogP contribution in [0.25, 0.3) is 22.6 Å². The first-order valence-corrected chi connectivity index (χ1v) is 7.68. The van der Waals surface area contributed by atoms with Crippen molar-refractivity contribution < 1.29 is 18.7 Å². The number of para-hydroxylation sites is 2. The Balaban J connectivity index is 1.75. The van der Waals surface area contributed by atoms with Crippen LogP contribution in [0.1, 0.15) is 6.92 Å². The molecule has 3 aromatic rings. The zero-order chi connectivity index (χ0) is 17.8. The van der Waals surface area contributed by atoms with E-state index in [1.54, 1.807) is 25.1 Å². The third-order valence-electron chi connectivity index (χ3n) is 3.56. The Morgan fingerprint density at radius 1 is 1.16 bits per heavy atom. The molecule has 0 unspecified atom stereocenters. The van der Waals surface area contributed by atoms with E-state index in [-0.39, 0.29) is 0 Å². The molecular formula is C18H17N3O4. The van der Waals surface area contributed by atoms with E-state index in [1.165, 1.54) is 7.11 Å². The van der Waals surface area contributed by atoms with Crippen molar-refractivity contribution in [2.24, 2.45) is 0 Å². The zero-order valence-electron chi connectivity index (χ0n) is 13.8. The molecule has 2 aromatic carbocycles. The summed E-state index contributed by atoms with van der Waals surface area (Å²) in [6.45, 7) is 1.54. The van der Waals surface area contributed by atoms with Crippen LogP contribution in [0.5, 0.6) is 0 Å². The second-order valence-electron chi connectivity index (χ2n) is 5.41. The standard InChI is InChI=1S/C18H17N3O4/c1-11(17(22)24-2)19-18(23)20-13-7-5-6-12(10-13)16-21-14-8-3-4-9-15(14)25-16/h3-11H,1-2H3,(H2,19,20,23)/t11-/m0/s1. The lowest BCUT2D eigenvalue weighted by molar-refractivity contribution is -0.142. The molecule has 0 fully saturated rings. The molecular weight excluding hydrogens is 322 g/mol. The number of carbonyl (C=O) groups excluding carboxylic acids is 2. The van der Waals surface area contributed by atoms with Gasteiger partial charge in [0, 0.05) is 11.3 Å². The molecule has 1 aromatic heterocycles. The molecule has 0 saturated heterocycles. The van der Waals surface area contributed by atoms with E-state index >= 15 is 0 Å². The normalized spacial score (nSPS) is 11.8. The van der Waals surface area contributed by atoms with Crippen LogP contribution >= 0.6 is 0 Å². The molecule has 0 aliphatic rings. The van der Waals surface area contributed by atoms with Crippen molar-refractivity contribution in [3.8, 4) is 11.5 Å². The van der Waals surface area contributed by atoms with Crippen LogP contribution in [0.3, 0.4) is 0 Å². The molecule has 2 N–H and O–H groups in total. The summed E-state index contributed by atoms with van der Waals surface area (Å²) >= 11 is 0. The highest BCUT2D eigenvalue weighted by Gasteiger charge is 2.16. The van der Waals surface area contributed by atoms with E-state index in [4.69, 9.17) is 4.42 Å². The minimum atomic E-state index is -0.745. The van der Waals surface area contributed by atoms with E-state index in [0.29, 0.717) is 17.2 Å². The van der Waals surface area contributed by atoms with Gasteiger partial charge in [-0.25, -0.2) is 14.6 Å². The predicted molar refractivity (Wildman–Crippen MR) is 93.1 cm³/mol. The van der Waals surface area contributed by atoms with E-state index in [2.05, 4.69) is 20.4 Å². The van der Waals surface area contributed by atoms with E-state index in [0.717, 1.165) is 11.1 Å². The van der Waals surface area contributed by atoms with Crippen LogP contribution in [0.15, 0.2) is 52.9 Å². The van der Waals surface area contributed by atoms with Crippen LogP contribution in [-0.4, -0.2) is 30.1 Å². The number of fused-ring (bicyclic) bond motifs is 1. The van der Waals surface area contributed by atoms with Crippen molar-refractivity contribution in [3.05, 3.63) is 48.5 Å². The number of methoxy groups -OCH3 is 1. The molecule has 0 spiro atoms. The third kappa shape index (κ3) is 3.77. The lowest BCUT2D eigenvalue weighted by Gasteiger charge is -2.12. The Hall–Kier alpha value is -3.35. The Morgan fingerprint density at radius 2 is 1.96 bits per heavy atom. The first-order chi connectivity index (χ1) is 12.1. The predicted octanol–water partition coefficient (Wildman–Crippen LogP) is 3.18. The van der Waals surface area contributed by atoms with Gasteiger partial charge in [0.2, 0.25) is 5.89 Å². The molecule has 3 rings (SSSR count). The second-order valence-corrected chi connectivity index (χ2v) is 5.41. The SMILES string of the molecule is COC(=O)[C@H](C)NC(=O)Nc1cccc(-c2nc3ccccc3o2)c1. The van der Waals surface area contributed by atoms with Crippen LogP contribution in [-0.2, 0) is 9.53 Å². The molecule has 1 heterocycles. The van der Waals surface area contributed by atoms with Gasteiger partial charge in [-0.2, -0.15) is 0 Å². The quantitative estimate of drug-likeness (QED) is 0.712. The molecule has 0 radical (unpaired) electrons. The highest BCUT2D eigenvalue weighted by molar-refractivity contribution is 5.93. The van der Waals surface area contributed by atoms with Gasteiger partial charge in [0.1, 0.15) is 11.6 Å². The summed E-state index contributed by atoms with van der Waals surface area (Å²) in [7, 11) is 1.27. The number of nitrogens with zero attached hydrogens (tertiary/aromatic N) is 1. The number of hydrogen-bond acceptors (Lipinski definition) is 5. The van der Waals surface area contributed by atoms with Crippen LogP contribution in [0.2, 0.25) is 0 Å². The van der Waals surface area contributed by atoms with Gasteiger partial charge >= 0.3 is 12.0 Å². The van der Waals surface area contributed by atoms with Gasteiger partial charge in [0.25, 0.3) is 0 Å². The minimum Gasteiger partial charge on any atom is -0.467 e. The number of carbonyl (C=O) groups is 2. The number of nitrogens with one attached hydrogen (secondary N) is 2. The summed E-state index contributed by atoms with van der Waals surface area (Å²) in [5.74, 6) is -0.0523. The lowest BCUT2D eigenvalue weighted by atomic mass is 10.2. The fourth-order valence-corrected chi connectivity index (χ4v) is 2.33. The fourth-order valence-electron chi connectivity index (χ4n) is 2.33. The van der Waals surface area contributed by atoms with Crippen molar-refractivity contribution in [2.75, 3.05) is 12.4 Å². The minimum absolute atomic E-state index is 0.466. The summed E-state index contributed by atoms with van der Waals surface area (Å²) in [5, 5.41) is 5.16. The van der Waals surface area contributed by atoms with Crippen molar-refractivity contribution in [1.82, 2.24) is 10.3 Å². The maximum absolute atomic E-state index is 12.0. The van der Waals surface area contributed by atoms with Gasteiger partial charge in [-0.1, -0.05) is 18.2 Å². The summed E-state index contributed by atoms with van der Waals surface area (Å²) < 4.78 is 10.3. The summed E-state index contributed by atoms with van der Waals surface area (Å²) in [6, 6.07) is 13.3. The topological polar surface area (TPSA) is 93.5 Å². The molecule has 7 heteroatoms. The van der Waals surface area contributed by atoms with Crippen molar-refractivity contribution in [3.63, 3.8) is 0 Å². The number of amides is 2. The van der Waals surface area contributed by atoms with Gasteiger partial charge in [-0.05, 0) is 37.3 Å². The number of benzene rings is 2. The average molecular weight is 339 g/mol. The molecule has 0 aliphatic heterocycles. The molecule has 0 aliphatic carbocycles. The number of oxazole rings is 1. The third-order valence-corrected chi connectivity index (χ3v) is 3.56. The molecule has 0 bridgehead atoms. The first kappa shape index (κ1) is 16.5. The van der Waals surface area contributed by atoms with Crippen LogP contribution < -0.4 is 10.6 Å². The van der Waals surface area contributed by atoms with E-state index < -0.39 is 18.0 Å². The number of anilines is 1. The highest BCUT2D eigenvalue weighted by Crippen LogP contribution is 2.25. The van der Waals surface area contributed by atoms with E-state index in [9.17, 15) is 9.59 Å². The average Bonchev–Trinajstić information content (AvgIpc) is 3.05. The number of urea groups is 1. The van der Waals surface area contributed by atoms with Gasteiger partial charge in [-0.15, -0.1) is 0 Å². The Bertz CT molecular complexity index is 886. The molecule has 25 heavy (non-hydrogen) atoms. The molecule has 1 atom stereocenters. The number of hydrogen-bond donors (Lipinski definition) is 2. The largest absolute Gasteiger partial charge is 0.467 e.